The van der Waals surface area contributed by atoms with E-state index in [1.165, 1.54) is 0 Å². The summed E-state index contributed by atoms with van der Waals surface area (Å²) < 4.78 is 12.2. The average molecular weight is 671 g/mol. The molecule has 11 nitrogen and oxygen atoms in total. The van der Waals surface area contributed by atoms with Gasteiger partial charge in [0.15, 0.2) is 17.3 Å². The molecule has 2 aliphatic carbocycles. The maximum Gasteiger partial charge on any atom is 0.350 e. The van der Waals surface area contributed by atoms with Gasteiger partial charge in [-0.05, 0) is 63.1 Å². The molecular formula is C38H50N6O5. The average Bonchev–Trinajstić information content (AvgIpc) is 3.86. The van der Waals surface area contributed by atoms with Crippen molar-refractivity contribution in [3.8, 4) is 0 Å². The van der Waals surface area contributed by atoms with Crippen LogP contribution in [-0.4, -0.2) is 79.6 Å². The van der Waals surface area contributed by atoms with Gasteiger partial charge in [-0.1, -0.05) is 68.0 Å². The highest BCUT2D eigenvalue weighted by atomic mass is 16.7. The molecule has 6 rings (SSSR count). The lowest BCUT2D eigenvalue weighted by Gasteiger charge is -2.37. The van der Waals surface area contributed by atoms with Gasteiger partial charge in [0, 0.05) is 49.6 Å². The molecule has 11 heteroatoms. The van der Waals surface area contributed by atoms with Crippen molar-refractivity contribution in [1.82, 2.24) is 21.3 Å². The van der Waals surface area contributed by atoms with Crippen LogP contribution in [0, 0.1) is 11.8 Å². The lowest BCUT2D eigenvalue weighted by atomic mass is 9.72. The van der Waals surface area contributed by atoms with Crippen molar-refractivity contribution in [2.45, 2.75) is 82.1 Å². The number of hydrogen-bond acceptors (Lipinski definition) is 9. The standard InChI is InChI=1S/C38H50N6O5/c1-5-25-12-13-30(41-6-2)26(20-25)23-48-34(47)38-33(46)29-11-8-7-10-28(29)32(45)37(38,49-38)17-14-24(3)22-36(27-15-19-42-31(39)21-27)16-9-18-43-35(40-4)44-36/h7-8,10-15,21,25-26,30,41-42H,5-6,9,16-20,22-23,39H2,1-4H3,(H2,40,43,44)/b24-14+/t25-,26+,30-,36+,37+,38+/m1/s1. The summed E-state index contributed by atoms with van der Waals surface area (Å²) in [4.78, 5) is 46.9. The van der Waals surface area contributed by atoms with Crippen LogP contribution in [0.15, 0.2) is 76.6 Å². The Morgan fingerprint density at radius 2 is 1.94 bits per heavy atom. The van der Waals surface area contributed by atoms with E-state index in [4.69, 9.17) is 15.2 Å². The number of benzene rings is 1. The van der Waals surface area contributed by atoms with Crippen LogP contribution in [0.25, 0.3) is 0 Å². The highest BCUT2D eigenvalue weighted by molar-refractivity contribution is 6.32. The zero-order valence-electron chi connectivity index (χ0n) is 29.1. The molecule has 0 aromatic heterocycles. The molecule has 2 fully saturated rings. The Bertz CT molecular complexity index is 1650. The minimum Gasteiger partial charge on any atom is -0.463 e. The fraction of sp³-hybridized carbons (Fsp3) is 0.526. The first-order valence-corrected chi connectivity index (χ1v) is 17.7. The normalized spacial score (nSPS) is 33.2. The molecule has 3 heterocycles. The summed E-state index contributed by atoms with van der Waals surface area (Å²) in [7, 11) is 1.74. The molecule has 0 unspecified atom stereocenters. The van der Waals surface area contributed by atoms with Crippen molar-refractivity contribution < 1.29 is 23.9 Å². The van der Waals surface area contributed by atoms with Crippen LogP contribution in [0.5, 0.6) is 0 Å². The van der Waals surface area contributed by atoms with E-state index < -0.39 is 28.5 Å². The minimum absolute atomic E-state index is 0.0360. The van der Waals surface area contributed by atoms with Crippen LogP contribution < -0.4 is 27.0 Å². The number of nitrogens with one attached hydrogen (secondary N) is 4. The molecule has 2 saturated heterocycles. The SMILES string of the molecule is CCN[C@@H]1C=C[C@@H](CC)C[C@H]1COC(=O)[C@]12O[C@@]1(C/C=C(\C)C[C@]1(C3=CCNC(N)=C3)CCCNC(=NC)N1)C(=O)c1ccccc1C2=O. The van der Waals surface area contributed by atoms with Gasteiger partial charge in [-0.2, -0.15) is 0 Å². The maximum absolute atomic E-state index is 14.2. The number of nitrogens with two attached hydrogens (primary N) is 1. The van der Waals surface area contributed by atoms with Crippen LogP contribution in [-0.2, 0) is 14.3 Å². The van der Waals surface area contributed by atoms with Crippen molar-refractivity contribution in [3.63, 3.8) is 0 Å². The first-order chi connectivity index (χ1) is 23.6. The second kappa shape index (κ2) is 14.0. The number of ketones is 2. The Hall–Kier alpha value is -4.22. The summed E-state index contributed by atoms with van der Waals surface area (Å²) in [6, 6.07) is 6.69. The number of nitrogens with zero attached hydrogens (tertiary/aromatic N) is 1. The zero-order chi connectivity index (χ0) is 34.8. The van der Waals surface area contributed by atoms with Gasteiger partial charge in [0.25, 0.3) is 5.60 Å². The van der Waals surface area contributed by atoms with Gasteiger partial charge in [-0.15, -0.1) is 0 Å². The first-order valence-electron chi connectivity index (χ1n) is 17.7. The van der Waals surface area contributed by atoms with Gasteiger partial charge >= 0.3 is 5.97 Å². The fourth-order valence-electron chi connectivity index (χ4n) is 8.09. The van der Waals surface area contributed by atoms with E-state index in [-0.39, 0.29) is 41.9 Å². The topological polar surface area (TPSA) is 159 Å². The van der Waals surface area contributed by atoms with E-state index in [1.54, 1.807) is 31.3 Å². The van der Waals surface area contributed by atoms with Gasteiger partial charge in [0.2, 0.25) is 5.78 Å². The molecule has 0 bridgehead atoms. The number of carbonyl (C=O) groups excluding carboxylic acids is 3. The number of Topliss-reactive ketones (excluding diaryl/α,β-unsaturated/α-hetero) is 2. The van der Waals surface area contributed by atoms with E-state index in [0.717, 1.165) is 49.9 Å². The van der Waals surface area contributed by atoms with Crippen LogP contribution in [0.2, 0.25) is 0 Å². The zero-order valence-corrected chi connectivity index (χ0v) is 29.1. The highest BCUT2D eigenvalue weighted by Gasteiger charge is 2.85. The summed E-state index contributed by atoms with van der Waals surface area (Å²) in [6.07, 6.45) is 14.6. The third-order valence-corrected chi connectivity index (χ3v) is 10.8. The van der Waals surface area contributed by atoms with Crippen molar-refractivity contribution in [1.29, 1.82) is 0 Å². The number of guanidine groups is 1. The third kappa shape index (κ3) is 6.23. The number of esters is 1. The van der Waals surface area contributed by atoms with Gasteiger partial charge < -0.3 is 36.5 Å². The molecular weight excluding hydrogens is 620 g/mol. The number of ether oxygens (including phenoxy) is 2. The molecule has 1 aromatic rings. The molecule has 0 saturated carbocycles. The predicted molar refractivity (Wildman–Crippen MR) is 189 cm³/mol. The van der Waals surface area contributed by atoms with Gasteiger partial charge in [-0.3, -0.25) is 14.6 Å². The Morgan fingerprint density at radius 1 is 1.16 bits per heavy atom. The molecule has 3 aliphatic heterocycles. The third-order valence-electron chi connectivity index (χ3n) is 10.8. The Labute approximate surface area is 288 Å². The van der Waals surface area contributed by atoms with Gasteiger partial charge in [0.05, 0.1) is 18.0 Å². The predicted octanol–water partition coefficient (Wildman–Crippen LogP) is 3.45. The first kappa shape index (κ1) is 34.6. The van der Waals surface area contributed by atoms with Crippen molar-refractivity contribution in [2.24, 2.45) is 22.6 Å². The number of carbonyl (C=O) groups is 3. The summed E-state index contributed by atoms with van der Waals surface area (Å²) in [5.74, 6) is 0.0361. The number of hydrogen-bond donors (Lipinski definition) is 5. The summed E-state index contributed by atoms with van der Waals surface area (Å²) in [5, 5.41) is 13.6. The minimum atomic E-state index is -2.02. The molecule has 262 valence electrons. The second-order valence-electron chi connectivity index (χ2n) is 13.9. The smallest absolute Gasteiger partial charge is 0.350 e. The molecule has 5 aliphatic rings. The van der Waals surface area contributed by atoms with E-state index in [2.05, 4.69) is 51.4 Å². The Balaban J connectivity index is 1.28. The van der Waals surface area contributed by atoms with Crippen LogP contribution in [0.4, 0.5) is 0 Å². The fourth-order valence-corrected chi connectivity index (χ4v) is 8.09. The summed E-state index contributed by atoms with van der Waals surface area (Å²) in [5.41, 5.74) is 4.49. The number of rotatable bonds is 11. The summed E-state index contributed by atoms with van der Waals surface area (Å²) >= 11 is 0. The number of dihydropyridines is 1. The van der Waals surface area contributed by atoms with Crippen LogP contribution in [0.3, 0.4) is 0 Å². The molecule has 0 amide bonds. The van der Waals surface area contributed by atoms with Gasteiger partial charge in [-0.25, -0.2) is 4.79 Å². The quantitative estimate of drug-likeness (QED) is 0.102. The number of epoxide rings is 1. The Kier molecular flexibility index (Phi) is 9.86. The molecule has 49 heavy (non-hydrogen) atoms. The molecule has 0 spiro atoms. The number of allylic oxidation sites excluding steroid dienone is 1. The second-order valence-corrected chi connectivity index (χ2v) is 13.9. The van der Waals surface area contributed by atoms with E-state index in [1.807, 2.05) is 26.0 Å². The summed E-state index contributed by atoms with van der Waals surface area (Å²) in [6.45, 7) is 8.48. The van der Waals surface area contributed by atoms with Crippen molar-refractivity contribution >= 4 is 23.5 Å². The van der Waals surface area contributed by atoms with Crippen molar-refractivity contribution in [2.75, 3.05) is 33.3 Å². The van der Waals surface area contributed by atoms with E-state index in [0.29, 0.717) is 30.7 Å². The number of fused-ring (bicyclic) bond motifs is 2. The van der Waals surface area contributed by atoms with Crippen LogP contribution >= 0.6 is 0 Å². The Morgan fingerprint density at radius 3 is 2.65 bits per heavy atom. The van der Waals surface area contributed by atoms with Gasteiger partial charge in [0.1, 0.15) is 0 Å². The molecule has 0 radical (unpaired) electrons. The molecule has 6 N–H and O–H groups in total. The van der Waals surface area contributed by atoms with Crippen LogP contribution in [0.1, 0.15) is 80.0 Å². The highest BCUT2D eigenvalue weighted by Crippen LogP contribution is 2.58. The molecule has 6 atom stereocenters. The van der Waals surface area contributed by atoms with Crippen molar-refractivity contribution in [3.05, 3.63) is 82.7 Å². The largest absolute Gasteiger partial charge is 0.463 e. The van der Waals surface area contributed by atoms with E-state index >= 15 is 0 Å². The lowest BCUT2D eigenvalue weighted by Crippen LogP contribution is -2.52. The number of aliphatic imine (C=N–C) groups is 1. The number of likely N-dealkylation sites (N-methyl/N-ethyl adjacent to an activating group) is 1. The lowest BCUT2D eigenvalue weighted by molar-refractivity contribution is -0.149. The maximum atomic E-state index is 14.2. The van der Waals surface area contributed by atoms with E-state index in [9.17, 15) is 14.4 Å². The monoisotopic (exact) mass is 670 g/mol. The molecule has 1 aromatic carbocycles.